The molecule has 8 aromatic rings. The number of fused-ring (bicyclic) bond motifs is 9. The Hall–Kier alpha value is -5.41. The highest BCUT2D eigenvalue weighted by atomic mass is 16.4. The van der Waals surface area contributed by atoms with Gasteiger partial charge in [-0.2, -0.15) is 0 Å². The zero-order chi connectivity index (χ0) is 29.7. The quantitative estimate of drug-likeness (QED) is 0.154. The third kappa shape index (κ3) is 3.35. The maximum atomic E-state index is 13.1. The number of para-hydroxylation sites is 2. The molecule has 0 radical (unpaired) electrons. The van der Waals surface area contributed by atoms with E-state index in [1.54, 1.807) is 0 Å². The van der Waals surface area contributed by atoms with Gasteiger partial charge >= 0.3 is 5.63 Å². The minimum Gasteiger partial charge on any atom is -0.422 e. The molecular weight excluding hydrogens is 538 g/mol. The van der Waals surface area contributed by atoms with Gasteiger partial charge < -0.3 is 8.98 Å². The van der Waals surface area contributed by atoms with Crippen LogP contribution in [-0.4, -0.2) is 4.57 Å². The van der Waals surface area contributed by atoms with Crippen molar-refractivity contribution in [1.82, 2.24) is 4.57 Å². The topological polar surface area (TPSA) is 35.1 Å². The molecule has 3 nitrogen and oxygen atoms in total. The zero-order valence-electron chi connectivity index (χ0n) is 24.8. The Morgan fingerprint density at radius 2 is 1.30 bits per heavy atom. The molecule has 0 spiro atoms. The number of nitrogens with zero attached hydrogens (tertiary/aromatic N) is 1. The van der Waals surface area contributed by atoms with E-state index < -0.39 is 0 Å². The molecule has 44 heavy (non-hydrogen) atoms. The lowest BCUT2D eigenvalue weighted by Gasteiger charge is -2.21. The first-order valence-electron chi connectivity index (χ1n) is 15.1. The Balaban J connectivity index is 1.35. The van der Waals surface area contributed by atoms with E-state index in [0.29, 0.717) is 11.0 Å². The SMILES string of the molecule is Cc1cc2c(cc1-c1ccc3c(c1)c1cc4c(cc1n3-c1ccccc1)C(C)(C)c1ccccc1-4)c(=O)oc1ccccc12. The molecule has 0 fully saturated rings. The molecule has 0 amide bonds. The minimum atomic E-state index is -0.307. The fourth-order valence-electron chi connectivity index (χ4n) is 7.58. The highest BCUT2D eigenvalue weighted by Gasteiger charge is 2.36. The first-order valence-corrected chi connectivity index (χ1v) is 15.1. The number of aryl methyl sites for hydroxylation is 1. The van der Waals surface area contributed by atoms with Crippen LogP contribution < -0.4 is 5.63 Å². The minimum absolute atomic E-state index is 0.0866. The smallest absolute Gasteiger partial charge is 0.344 e. The van der Waals surface area contributed by atoms with E-state index in [2.05, 4.69) is 116 Å². The van der Waals surface area contributed by atoms with Crippen LogP contribution in [0.1, 0.15) is 30.5 Å². The van der Waals surface area contributed by atoms with Crippen molar-refractivity contribution in [1.29, 1.82) is 0 Å². The van der Waals surface area contributed by atoms with Gasteiger partial charge in [-0.15, -0.1) is 0 Å². The zero-order valence-corrected chi connectivity index (χ0v) is 24.8. The van der Waals surface area contributed by atoms with Gasteiger partial charge in [-0.3, -0.25) is 0 Å². The van der Waals surface area contributed by atoms with Gasteiger partial charge in [-0.05, 0) is 100 Å². The van der Waals surface area contributed by atoms with E-state index in [9.17, 15) is 4.79 Å². The van der Waals surface area contributed by atoms with Gasteiger partial charge in [0.2, 0.25) is 0 Å². The third-order valence-electron chi connectivity index (χ3n) is 9.76. The molecule has 3 heteroatoms. The first-order chi connectivity index (χ1) is 21.4. The number of benzene rings is 6. The van der Waals surface area contributed by atoms with Crippen molar-refractivity contribution in [3.05, 3.63) is 148 Å². The van der Waals surface area contributed by atoms with Crippen LogP contribution >= 0.6 is 0 Å². The molecule has 9 rings (SSSR count). The van der Waals surface area contributed by atoms with Gasteiger partial charge in [0.05, 0.1) is 16.4 Å². The summed E-state index contributed by atoms with van der Waals surface area (Å²) in [6.45, 7) is 6.79. The molecule has 210 valence electrons. The van der Waals surface area contributed by atoms with Crippen LogP contribution in [0.5, 0.6) is 0 Å². The van der Waals surface area contributed by atoms with Crippen LogP contribution in [0.3, 0.4) is 0 Å². The number of hydrogen-bond acceptors (Lipinski definition) is 2. The summed E-state index contributed by atoms with van der Waals surface area (Å²) in [5, 5.41) is 4.90. The van der Waals surface area contributed by atoms with E-state index in [4.69, 9.17) is 4.42 Å². The lowest BCUT2D eigenvalue weighted by atomic mass is 9.82. The average molecular weight is 568 g/mol. The Kier molecular flexibility index (Phi) is 5.03. The van der Waals surface area contributed by atoms with Crippen LogP contribution in [0.2, 0.25) is 0 Å². The standard InChI is InChI=1S/C41H29NO2/c1-24-19-30-28-14-8-10-16-39(28)44-40(43)34(30)21-29(24)25-17-18-37-32(20-25)33-22-31-27-13-7-9-15-35(27)41(2,3)36(31)23-38(33)42(37)26-11-5-4-6-12-26/h4-23H,1-3H3. The Labute approximate surface area is 254 Å². The van der Waals surface area contributed by atoms with E-state index >= 15 is 0 Å². The van der Waals surface area contributed by atoms with E-state index in [-0.39, 0.29) is 11.0 Å². The predicted molar refractivity (Wildman–Crippen MR) is 182 cm³/mol. The van der Waals surface area contributed by atoms with Crippen LogP contribution in [-0.2, 0) is 5.41 Å². The van der Waals surface area contributed by atoms with Crippen LogP contribution in [0.25, 0.3) is 71.5 Å². The van der Waals surface area contributed by atoms with Gasteiger partial charge in [0.15, 0.2) is 0 Å². The van der Waals surface area contributed by atoms with Crippen molar-refractivity contribution >= 4 is 43.5 Å². The number of rotatable bonds is 2. The maximum Gasteiger partial charge on any atom is 0.344 e. The molecule has 6 aromatic carbocycles. The Morgan fingerprint density at radius 3 is 2.16 bits per heavy atom. The second kappa shape index (κ2) is 8.81. The summed E-state index contributed by atoms with van der Waals surface area (Å²) in [5.74, 6) is 0. The molecule has 0 saturated heterocycles. The van der Waals surface area contributed by atoms with Crippen LogP contribution in [0, 0.1) is 6.92 Å². The van der Waals surface area contributed by atoms with Gasteiger partial charge in [0.25, 0.3) is 0 Å². The summed E-state index contributed by atoms with van der Waals surface area (Å²) < 4.78 is 8.11. The van der Waals surface area contributed by atoms with Gasteiger partial charge in [0, 0.05) is 32.6 Å². The summed E-state index contributed by atoms with van der Waals surface area (Å²) in [7, 11) is 0. The number of aromatic nitrogens is 1. The predicted octanol–water partition coefficient (Wildman–Crippen LogP) is 10.3. The number of hydrogen-bond donors (Lipinski definition) is 0. The van der Waals surface area contributed by atoms with Gasteiger partial charge in [0.1, 0.15) is 5.58 Å². The lowest BCUT2D eigenvalue weighted by molar-refractivity contribution is 0.569. The summed E-state index contributed by atoms with van der Waals surface area (Å²) in [5.41, 5.74) is 12.3. The third-order valence-corrected chi connectivity index (χ3v) is 9.76. The molecule has 0 saturated carbocycles. The van der Waals surface area contributed by atoms with E-state index in [1.165, 1.54) is 38.5 Å². The fraction of sp³-hybridized carbons (Fsp3) is 0.0976. The van der Waals surface area contributed by atoms with Gasteiger partial charge in [-0.25, -0.2) is 4.79 Å². The molecule has 1 aliphatic rings. The molecule has 2 aromatic heterocycles. The van der Waals surface area contributed by atoms with Crippen molar-refractivity contribution in [3.8, 4) is 27.9 Å². The molecule has 0 unspecified atom stereocenters. The van der Waals surface area contributed by atoms with Crippen LogP contribution in [0.4, 0.5) is 0 Å². The second-order valence-electron chi connectivity index (χ2n) is 12.6. The van der Waals surface area contributed by atoms with Crippen molar-refractivity contribution < 1.29 is 4.42 Å². The highest BCUT2D eigenvalue weighted by Crippen LogP contribution is 2.51. The van der Waals surface area contributed by atoms with Gasteiger partial charge in [-0.1, -0.05) is 80.6 Å². The van der Waals surface area contributed by atoms with E-state index in [0.717, 1.165) is 38.7 Å². The molecule has 1 aliphatic carbocycles. The highest BCUT2D eigenvalue weighted by molar-refractivity contribution is 6.13. The van der Waals surface area contributed by atoms with Crippen molar-refractivity contribution in [2.75, 3.05) is 0 Å². The van der Waals surface area contributed by atoms with E-state index in [1.807, 2.05) is 30.3 Å². The molecule has 0 N–H and O–H groups in total. The second-order valence-corrected chi connectivity index (χ2v) is 12.6. The summed E-state index contributed by atoms with van der Waals surface area (Å²) in [6.07, 6.45) is 0. The largest absolute Gasteiger partial charge is 0.422 e. The molecule has 0 atom stereocenters. The summed E-state index contributed by atoms with van der Waals surface area (Å²) >= 11 is 0. The molecule has 2 heterocycles. The maximum absolute atomic E-state index is 13.1. The molecule has 0 bridgehead atoms. The fourth-order valence-corrected chi connectivity index (χ4v) is 7.58. The van der Waals surface area contributed by atoms with Crippen molar-refractivity contribution in [2.24, 2.45) is 0 Å². The van der Waals surface area contributed by atoms with Crippen LogP contribution in [0.15, 0.2) is 131 Å². The summed E-state index contributed by atoms with van der Waals surface area (Å²) in [6, 6.07) is 42.8. The monoisotopic (exact) mass is 567 g/mol. The molecular formula is C41H29NO2. The van der Waals surface area contributed by atoms with Crippen molar-refractivity contribution in [2.45, 2.75) is 26.2 Å². The Bertz CT molecular complexity index is 2550. The summed E-state index contributed by atoms with van der Waals surface area (Å²) in [4.78, 5) is 13.1. The van der Waals surface area contributed by atoms with Crippen molar-refractivity contribution in [3.63, 3.8) is 0 Å². The lowest BCUT2D eigenvalue weighted by Crippen LogP contribution is -2.14. The normalized spacial score (nSPS) is 13.6. The first kappa shape index (κ1) is 25.1. The average Bonchev–Trinajstić information content (AvgIpc) is 3.48. The molecule has 0 aliphatic heterocycles. The Morgan fingerprint density at radius 1 is 0.568 bits per heavy atom.